The quantitative estimate of drug-likeness (QED) is 0.310. The smallest absolute Gasteiger partial charge is 0.148 e. The van der Waals surface area contributed by atoms with E-state index in [9.17, 15) is 0 Å². The normalized spacial score (nSPS) is 10.9. The van der Waals surface area contributed by atoms with Crippen molar-refractivity contribution in [3.63, 3.8) is 0 Å². The van der Waals surface area contributed by atoms with Crippen molar-refractivity contribution in [2.75, 3.05) is 0 Å². The molecule has 54 valence electrons. The van der Waals surface area contributed by atoms with Gasteiger partial charge in [-0.25, -0.2) is 0 Å². The second-order valence-electron chi connectivity index (χ2n) is 1.68. The van der Waals surface area contributed by atoms with E-state index in [0.29, 0.717) is 17.4 Å². The zero-order valence-electron chi connectivity index (χ0n) is 5.12. The first-order chi connectivity index (χ1) is 4.86. The van der Waals surface area contributed by atoms with Gasteiger partial charge in [-0.1, -0.05) is 5.16 Å². The van der Waals surface area contributed by atoms with Crippen LogP contribution < -0.4 is 0 Å². The predicted octanol–water partition coefficient (Wildman–Crippen LogP) is 1.83. The molecule has 0 bridgehead atoms. The minimum absolute atomic E-state index is 0.333. The first-order valence-electron chi connectivity index (χ1n) is 2.69. The van der Waals surface area contributed by atoms with Crippen LogP contribution in [0.1, 0.15) is 11.5 Å². The van der Waals surface area contributed by atoms with Gasteiger partial charge < -0.3 is 9.62 Å². The van der Waals surface area contributed by atoms with Crippen molar-refractivity contribution in [3.05, 3.63) is 23.7 Å². The summed E-state index contributed by atoms with van der Waals surface area (Å²) >= 11 is 5.44. The maximum atomic E-state index is 8.08. The average molecular weight is 160 g/mol. The third-order valence-corrected chi connectivity index (χ3v) is 1.26. The second kappa shape index (κ2) is 3.27. The molecule has 0 saturated heterocycles. The minimum atomic E-state index is 0.333. The van der Waals surface area contributed by atoms with E-state index in [-0.39, 0.29) is 0 Å². The highest BCUT2D eigenvalue weighted by Crippen LogP contribution is 2.07. The molecular weight excluding hydrogens is 154 g/mol. The fourth-order valence-corrected chi connectivity index (χ4v) is 0.736. The number of hydrogen-bond acceptors (Lipinski definition) is 3. The van der Waals surface area contributed by atoms with Gasteiger partial charge in [-0.15, -0.1) is 11.6 Å². The minimum Gasteiger partial charge on any atom is -0.459 e. The van der Waals surface area contributed by atoms with Crippen molar-refractivity contribution in [2.24, 2.45) is 5.16 Å². The van der Waals surface area contributed by atoms with Gasteiger partial charge in [0.2, 0.25) is 0 Å². The maximum Gasteiger partial charge on any atom is 0.148 e. The Morgan fingerprint density at radius 3 is 3.00 bits per heavy atom. The van der Waals surface area contributed by atoms with Crippen molar-refractivity contribution in [1.29, 1.82) is 0 Å². The highest BCUT2D eigenvalue weighted by atomic mass is 35.5. The highest BCUT2D eigenvalue weighted by Gasteiger charge is 1.96. The number of alkyl halides is 1. The van der Waals surface area contributed by atoms with Crippen LogP contribution in [0, 0.1) is 0 Å². The molecule has 0 aromatic carbocycles. The molecule has 10 heavy (non-hydrogen) atoms. The summed E-state index contributed by atoms with van der Waals surface area (Å²) in [6.45, 7) is 0. The summed E-state index contributed by atoms with van der Waals surface area (Å²) in [5.41, 5.74) is 0. The van der Waals surface area contributed by atoms with Crippen LogP contribution in [0.3, 0.4) is 0 Å². The molecule has 1 heterocycles. The van der Waals surface area contributed by atoms with Crippen molar-refractivity contribution in [2.45, 2.75) is 5.88 Å². The van der Waals surface area contributed by atoms with Gasteiger partial charge in [0.15, 0.2) is 0 Å². The molecule has 0 aliphatic carbocycles. The van der Waals surface area contributed by atoms with Gasteiger partial charge in [0.05, 0.1) is 5.88 Å². The van der Waals surface area contributed by atoms with Gasteiger partial charge in [0.1, 0.15) is 17.7 Å². The Balaban J connectivity index is 2.78. The molecule has 0 aliphatic heterocycles. The van der Waals surface area contributed by atoms with Crippen LogP contribution in [0.5, 0.6) is 0 Å². The third-order valence-electron chi connectivity index (χ3n) is 0.999. The van der Waals surface area contributed by atoms with Crippen LogP contribution in [0.25, 0.3) is 0 Å². The van der Waals surface area contributed by atoms with Crippen molar-refractivity contribution in [1.82, 2.24) is 0 Å². The lowest BCUT2D eigenvalue weighted by Crippen LogP contribution is -1.72. The van der Waals surface area contributed by atoms with Crippen molar-refractivity contribution in [3.8, 4) is 0 Å². The molecule has 3 nitrogen and oxygen atoms in total. The molecule has 0 atom stereocenters. The summed E-state index contributed by atoms with van der Waals surface area (Å²) in [5.74, 6) is 1.49. The van der Waals surface area contributed by atoms with E-state index in [1.54, 1.807) is 12.1 Å². The molecule has 4 heteroatoms. The summed E-state index contributed by atoms with van der Waals surface area (Å²) in [7, 11) is 0. The number of halogens is 1. The van der Waals surface area contributed by atoms with E-state index in [4.69, 9.17) is 21.2 Å². The van der Waals surface area contributed by atoms with E-state index < -0.39 is 0 Å². The van der Waals surface area contributed by atoms with Gasteiger partial charge in [0.25, 0.3) is 0 Å². The van der Waals surface area contributed by atoms with Crippen molar-refractivity contribution < 1.29 is 9.62 Å². The summed E-state index contributed by atoms with van der Waals surface area (Å²) in [5, 5.41) is 10.9. The van der Waals surface area contributed by atoms with Crippen LogP contribution in [0.2, 0.25) is 0 Å². The Morgan fingerprint density at radius 1 is 1.70 bits per heavy atom. The molecule has 0 aliphatic rings. The number of furan rings is 1. The van der Waals surface area contributed by atoms with Crippen LogP contribution >= 0.6 is 11.6 Å². The van der Waals surface area contributed by atoms with Crippen LogP contribution in [0.15, 0.2) is 21.7 Å². The summed E-state index contributed by atoms with van der Waals surface area (Å²) in [6.07, 6.45) is 1.20. The second-order valence-corrected chi connectivity index (χ2v) is 1.95. The molecule has 0 radical (unpaired) electrons. The Kier molecular flexibility index (Phi) is 2.34. The molecule has 0 spiro atoms. The van der Waals surface area contributed by atoms with Gasteiger partial charge in [-0.2, -0.15) is 0 Å². The SMILES string of the molecule is ON=Cc1ccc(CCl)o1. The number of oxime groups is 1. The van der Waals surface area contributed by atoms with Gasteiger partial charge >= 0.3 is 0 Å². The first-order valence-corrected chi connectivity index (χ1v) is 3.22. The Hall–Kier alpha value is -0.960. The monoisotopic (exact) mass is 159 g/mol. The van der Waals surface area contributed by atoms with Gasteiger partial charge in [0, 0.05) is 0 Å². The zero-order valence-corrected chi connectivity index (χ0v) is 5.88. The first kappa shape index (κ1) is 7.15. The van der Waals surface area contributed by atoms with E-state index in [1.807, 2.05) is 0 Å². The lowest BCUT2D eigenvalue weighted by Gasteiger charge is -1.82. The van der Waals surface area contributed by atoms with Crippen LogP contribution in [-0.4, -0.2) is 11.4 Å². The predicted molar refractivity (Wildman–Crippen MR) is 37.6 cm³/mol. The lowest BCUT2D eigenvalue weighted by molar-refractivity contribution is 0.320. The topological polar surface area (TPSA) is 45.7 Å². The fraction of sp³-hybridized carbons (Fsp3) is 0.167. The molecule has 1 aromatic heterocycles. The van der Waals surface area contributed by atoms with E-state index >= 15 is 0 Å². The van der Waals surface area contributed by atoms with Crippen LogP contribution in [-0.2, 0) is 5.88 Å². The largest absolute Gasteiger partial charge is 0.459 e. The Bertz CT molecular complexity index is 231. The van der Waals surface area contributed by atoms with E-state index in [1.165, 1.54) is 6.21 Å². The summed E-state index contributed by atoms with van der Waals surface area (Å²) in [6, 6.07) is 3.40. The van der Waals surface area contributed by atoms with Gasteiger partial charge in [-0.05, 0) is 12.1 Å². The number of rotatable bonds is 2. The fourth-order valence-electron chi connectivity index (χ4n) is 0.593. The molecule has 1 rings (SSSR count). The summed E-state index contributed by atoms with van der Waals surface area (Å²) in [4.78, 5) is 0. The lowest BCUT2D eigenvalue weighted by atomic mass is 10.4. The molecule has 0 unspecified atom stereocenters. The summed E-state index contributed by atoms with van der Waals surface area (Å²) < 4.78 is 5.03. The Morgan fingerprint density at radius 2 is 2.50 bits per heavy atom. The standard InChI is InChI=1S/C6H6ClNO2/c7-3-5-1-2-6(10-5)4-8-9/h1-2,4,9H,3H2. The third kappa shape index (κ3) is 1.51. The zero-order chi connectivity index (χ0) is 7.40. The van der Waals surface area contributed by atoms with Gasteiger partial charge in [-0.3, -0.25) is 0 Å². The van der Waals surface area contributed by atoms with E-state index in [2.05, 4.69) is 5.16 Å². The molecule has 0 saturated carbocycles. The Labute approximate surface area is 62.9 Å². The molecule has 1 aromatic rings. The molecule has 0 amide bonds. The number of hydrogen-bond donors (Lipinski definition) is 1. The maximum absolute atomic E-state index is 8.08. The molecule has 1 N–H and O–H groups in total. The van der Waals surface area contributed by atoms with Crippen molar-refractivity contribution >= 4 is 17.8 Å². The highest BCUT2D eigenvalue weighted by molar-refractivity contribution is 6.16. The van der Waals surface area contributed by atoms with Crippen LogP contribution in [0.4, 0.5) is 0 Å². The molecular formula is C6H6ClNO2. The van der Waals surface area contributed by atoms with E-state index in [0.717, 1.165) is 0 Å². The molecule has 0 fully saturated rings. The number of nitrogens with zero attached hydrogens (tertiary/aromatic N) is 1. The average Bonchev–Trinajstić information content (AvgIpc) is 2.37.